The van der Waals surface area contributed by atoms with Crippen molar-refractivity contribution in [3.63, 3.8) is 0 Å². The molecule has 0 aliphatic rings. The lowest BCUT2D eigenvalue weighted by Gasteiger charge is -2.15. The van der Waals surface area contributed by atoms with Gasteiger partial charge in [-0.15, -0.1) is 0 Å². The number of halogens is 1. The van der Waals surface area contributed by atoms with Gasteiger partial charge in [-0.25, -0.2) is 0 Å². The molecule has 1 aromatic carbocycles. The Hall–Kier alpha value is -0.570. The van der Waals surface area contributed by atoms with Gasteiger partial charge >= 0.3 is 0 Å². The Kier molecular flexibility index (Phi) is 4.39. The molecule has 1 unspecified atom stereocenters. The van der Waals surface area contributed by atoms with Crippen LogP contribution < -0.4 is 5.32 Å². The third-order valence-corrected chi connectivity index (χ3v) is 2.30. The quantitative estimate of drug-likeness (QED) is 0.805. The third kappa shape index (κ3) is 3.66. The van der Waals surface area contributed by atoms with Crippen LogP contribution in [-0.4, -0.2) is 17.8 Å². The van der Waals surface area contributed by atoms with Gasteiger partial charge in [0.2, 0.25) is 0 Å². The molecular formula is C11H16ClNO. The van der Waals surface area contributed by atoms with Crippen molar-refractivity contribution in [1.82, 2.24) is 5.32 Å². The number of nitrogens with one attached hydrogen (secondary N) is 1. The maximum atomic E-state index is 9.11. The van der Waals surface area contributed by atoms with Gasteiger partial charge in [-0.3, -0.25) is 0 Å². The molecule has 1 aromatic rings. The van der Waals surface area contributed by atoms with Gasteiger partial charge in [0.05, 0.1) is 6.10 Å². The molecule has 3 heteroatoms. The number of hydrogen-bond donors (Lipinski definition) is 2. The fraction of sp³-hybridized carbons (Fsp3) is 0.455. The molecule has 2 atom stereocenters. The van der Waals surface area contributed by atoms with Gasteiger partial charge in [-0.05, 0) is 31.5 Å². The van der Waals surface area contributed by atoms with E-state index in [-0.39, 0.29) is 12.1 Å². The molecule has 0 heterocycles. The van der Waals surface area contributed by atoms with Crippen LogP contribution in [0, 0.1) is 0 Å². The van der Waals surface area contributed by atoms with E-state index in [1.165, 1.54) is 0 Å². The minimum absolute atomic E-state index is 0.211. The summed E-state index contributed by atoms with van der Waals surface area (Å²) in [6.07, 6.45) is -0.323. The predicted molar refractivity (Wildman–Crippen MR) is 59.6 cm³/mol. The second-order valence-electron chi connectivity index (χ2n) is 3.53. The standard InChI is InChI=1S/C11H16ClNO/c1-8(14)7-13-9(2)10-4-3-5-11(12)6-10/h3-6,8-9,13-14H,7H2,1-2H3/t8-,9?/m0/s1. The summed E-state index contributed by atoms with van der Waals surface area (Å²) in [7, 11) is 0. The Bertz CT molecular complexity index is 288. The Morgan fingerprint density at radius 1 is 1.43 bits per heavy atom. The molecule has 0 fully saturated rings. The van der Waals surface area contributed by atoms with Crippen molar-refractivity contribution >= 4 is 11.6 Å². The zero-order valence-electron chi connectivity index (χ0n) is 8.50. The van der Waals surface area contributed by atoms with Gasteiger partial charge in [-0.2, -0.15) is 0 Å². The minimum Gasteiger partial charge on any atom is -0.392 e. The van der Waals surface area contributed by atoms with Crippen LogP contribution in [-0.2, 0) is 0 Å². The molecule has 0 radical (unpaired) electrons. The summed E-state index contributed by atoms with van der Waals surface area (Å²) in [5.74, 6) is 0. The van der Waals surface area contributed by atoms with E-state index in [9.17, 15) is 0 Å². The molecule has 1 rings (SSSR count). The van der Waals surface area contributed by atoms with E-state index in [1.807, 2.05) is 31.2 Å². The normalized spacial score (nSPS) is 15.1. The molecule has 0 aliphatic carbocycles. The first-order chi connectivity index (χ1) is 6.59. The summed E-state index contributed by atoms with van der Waals surface area (Å²) in [6, 6.07) is 7.95. The van der Waals surface area contributed by atoms with E-state index < -0.39 is 0 Å². The largest absolute Gasteiger partial charge is 0.392 e. The summed E-state index contributed by atoms with van der Waals surface area (Å²) in [4.78, 5) is 0. The molecular weight excluding hydrogens is 198 g/mol. The average molecular weight is 214 g/mol. The Balaban J connectivity index is 2.56. The summed E-state index contributed by atoms with van der Waals surface area (Å²) in [5, 5.41) is 13.1. The molecule has 0 amide bonds. The summed E-state index contributed by atoms with van der Waals surface area (Å²) < 4.78 is 0. The highest BCUT2D eigenvalue weighted by Gasteiger charge is 2.05. The van der Waals surface area contributed by atoms with Crippen LogP contribution in [0.25, 0.3) is 0 Å². The lowest BCUT2D eigenvalue weighted by Crippen LogP contribution is -2.27. The highest BCUT2D eigenvalue weighted by molar-refractivity contribution is 6.30. The smallest absolute Gasteiger partial charge is 0.0636 e. The van der Waals surface area contributed by atoms with Crippen molar-refractivity contribution in [2.24, 2.45) is 0 Å². The number of hydrogen-bond acceptors (Lipinski definition) is 2. The highest BCUT2D eigenvalue weighted by atomic mass is 35.5. The molecule has 0 spiro atoms. The van der Waals surface area contributed by atoms with Crippen molar-refractivity contribution in [3.8, 4) is 0 Å². The molecule has 0 aromatic heterocycles. The van der Waals surface area contributed by atoms with E-state index in [1.54, 1.807) is 6.92 Å². The maximum Gasteiger partial charge on any atom is 0.0636 e. The van der Waals surface area contributed by atoms with E-state index in [0.717, 1.165) is 10.6 Å². The van der Waals surface area contributed by atoms with Crippen LogP contribution in [0.2, 0.25) is 5.02 Å². The van der Waals surface area contributed by atoms with Crippen molar-refractivity contribution < 1.29 is 5.11 Å². The number of aliphatic hydroxyl groups is 1. The molecule has 14 heavy (non-hydrogen) atoms. The minimum atomic E-state index is -0.323. The van der Waals surface area contributed by atoms with Gasteiger partial charge in [-0.1, -0.05) is 23.7 Å². The summed E-state index contributed by atoms with van der Waals surface area (Å²) in [6.45, 7) is 4.40. The first-order valence-corrected chi connectivity index (χ1v) is 5.14. The van der Waals surface area contributed by atoms with Gasteiger partial charge in [0.25, 0.3) is 0 Å². The van der Waals surface area contributed by atoms with Crippen molar-refractivity contribution in [3.05, 3.63) is 34.9 Å². The zero-order chi connectivity index (χ0) is 10.6. The fourth-order valence-corrected chi connectivity index (χ4v) is 1.44. The van der Waals surface area contributed by atoms with E-state index in [0.29, 0.717) is 6.54 Å². The Morgan fingerprint density at radius 2 is 2.14 bits per heavy atom. The number of rotatable bonds is 4. The van der Waals surface area contributed by atoms with Crippen LogP contribution in [0.4, 0.5) is 0 Å². The highest BCUT2D eigenvalue weighted by Crippen LogP contribution is 2.16. The summed E-state index contributed by atoms with van der Waals surface area (Å²) in [5.41, 5.74) is 1.14. The number of aliphatic hydroxyl groups excluding tert-OH is 1. The summed E-state index contributed by atoms with van der Waals surface area (Å²) >= 11 is 5.87. The first kappa shape index (κ1) is 11.5. The molecule has 2 N–H and O–H groups in total. The lowest BCUT2D eigenvalue weighted by atomic mass is 10.1. The SMILES string of the molecule is CC(NC[C@H](C)O)c1cccc(Cl)c1. The van der Waals surface area contributed by atoms with Crippen LogP contribution in [0.3, 0.4) is 0 Å². The van der Waals surface area contributed by atoms with Gasteiger partial charge in [0, 0.05) is 17.6 Å². The molecule has 0 saturated carbocycles. The van der Waals surface area contributed by atoms with Crippen molar-refractivity contribution in [2.45, 2.75) is 26.0 Å². The lowest BCUT2D eigenvalue weighted by molar-refractivity contribution is 0.187. The zero-order valence-corrected chi connectivity index (χ0v) is 9.25. The molecule has 2 nitrogen and oxygen atoms in total. The Morgan fingerprint density at radius 3 is 2.71 bits per heavy atom. The fourth-order valence-electron chi connectivity index (χ4n) is 1.24. The molecule has 0 bridgehead atoms. The Labute approximate surface area is 89.9 Å². The van der Waals surface area contributed by atoms with Crippen LogP contribution in [0.5, 0.6) is 0 Å². The first-order valence-electron chi connectivity index (χ1n) is 4.76. The van der Waals surface area contributed by atoms with Crippen LogP contribution in [0.1, 0.15) is 25.5 Å². The molecule has 0 aliphatic heterocycles. The second-order valence-corrected chi connectivity index (χ2v) is 3.97. The van der Waals surface area contributed by atoms with Gasteiger partial charge in [0.1, 0.15) is 0 Å². The number of benzene rings is 1. The average Bonchev–Trinajstić information content (AvgIpc) is 2.14. The van der Waals surface area contributed by atoms with Crippen LogP contribution in [0.15, 0.2) is 24.3 Å². The van der Waals surface area contributed by atoms with E-state index in [4.69, 9.17) is 16.7 Å². The maximum absolute atomic E-state index is 9.11. The second kappa shape index (κ2) is 5.35. The topological polar surface area (TPSA) is 32.3 Å². The van der Waals surface area contributed by atoms with E-state index in [2.05, 4.69) is 5.32 Å². The van der Waals surface area contributed by atoms with Crippen LogP contribution >= 0.6 is 11.6 Å². The monoisotopic (exact) mass is 213 g/mol. The van der Waals surface area contributed by atoms with Crippen molar-refractivity contribution in [1.29, 1.82) is 0 Å². The predicted octanol–water partition coefficient (Wildman–Crippen LogP) is 2.37. The molecule has 0 saturated heterocycles. The third-order valence-electron chi connectivity index (χ3n) is 2.07. The van der Waals surface area contributed by atoms with Gasteiger partial charge < -0.3 is 10.4 Å². The van der Waals surface area contributed by atoms with Crippen molar-refractivity contribution in [2.75, 3.05) is 6.54 Å². The van der Waals surface area contributed by atoms with Gasteiger partial charge in [0.15, 0.2) is 0 Å². The molecule has 78 valence electrons. The van der Waals surface area contributed by atoms with E-state index >= 15 is 0 Å².